The topological polar surface area (TPSA) is 76.1 Å². The lowest BCUT2D eigenvalue weighted by molar-refractivity contribution is -0.111. The zero-order valence-electron chi connectivity index (χ0n) is 16.8. The van der Waals surface area contributed by atoms with Crippen molar-refractivity contribution in [3.8, 4) is 5.75 Å². The quantitative estimate of drug-likeness (QED) is 0.571. The first-order chi connectivity index (χ1) is 14.1. The summed E-state index contributed by atoms with van der Waals surface area (Å²) in [6, 6.07) is 15.3. The molecule has 6 nitrogen and oxygen atoms in total. The highest BCUT2D eigenvalue weighted by molar-refractivity contribution is 6.02. The van der Waals surface area contributed by atoms with Gasteiger partial charge in [0.2, 0.25) is 5.91 Å². The number of aromatic nitrogens is 2. The van der Waals surface area contributed by atoms with Crippen LogP contribution in [-0.4, -0.2) is 23.0 Å². The molecule has 0 aliphatic carbocycles. The van der Waals surface area contributed by atoms with Gasteiger partial charge < -0.3 is 15.4 Å². The molecule has 0 bridgehead atoms. The van der Waals surface area contributed by atoms with Crippen LogP contribution in [0.4, 0.5) is 17.2 Å². The van der Waals surface area contributed by atoms with Crippen LogP contribution in [0.1, 0.15) is 23.7 Å². The van der Waals surface area contributed by atoms with Crippen molar-refractivity contribution < 1.29 is 9.53 Å². The van der Waals surface area contributed by atoms with Crippen LogP contribution in [0.15, 0.2) is 60.9 Å². The van der Waals surface area contributed by atoms with Crippen molar-refractivity contribution in [3.63, 3.8) is 0 Å². The maximum atomic E-state index is 12.4. The minimum Gasteiger partial charge on any atom is -0.497 e. The zero-order valence-corrected chi connectivity index (χ0v) is 16.8. The summed E-state index contributed by atoms with van der Waals surface area (Å²) in [5, 5.41) is 6.21. The lowest BCUT2D eigenvalue weighted by Crippen LogP contribution is -2.10. The number of benzene rings is 2. The van der Waals surface area contributed by atoms with Crippen molar-refractivity contribution in [1.82, 2.24) is 9.97 Å². The Hall–Kier alpha value is -3.67. The fourth-order valence-electron chi connectivity index (χ4n) is 2.81. The van der Waals surface area contributed by atoms with E-state index in [2.05, 4.69) is 27.5 Å². The summed E-state index contributed by atoms with van der Waals surface area (Å²) in [6.45, 7) is 3.97. The molecule has 3 aromatic rings. The van der Waals surface area contributed by atoms with E-state index in [0.29, 0.717) is 5.82 Å². The van der Waals surface area contributed by atoms with Gasteiger partial charge in [-0.25, -0.2) is 9.97 Å². The second kappa shape index (κ2) is 9.50. The SMILES string of the molecule is CCc1ccc(Nc2cc(C)ncn2)cc1NC(=O)/C=C/c1ccc(OC)cc1. The monoisotopic (exact) mass is 388 g/mol. The van der Waals surface area contributed by atoms with Crippen molar-refractivity contribution in [3.05, 3.63) is 77.8 Å². The number of methoxy groups -OCH3 is 1. The van der Waals surface area contributed by atoms with Crippen LogP contribution in [0.25, 0.3) is 6.08 Å². The lowest BCUT2D eigenvalue weighted by Gasteiger charge is -2.12. The fraction of sp³-hybridized carbons (Fsp3) is 0.174. The zero-order chi connectivity index (χ0) is 20.6. The van der Waals surface area contributed by atoms with Crippen molar-refractivity contribution in [1.29, 1.82) is 0 Å². The van der Waals surface area contributed by atoms with E-state index >= 15 is 0 Å². The number of carbonyl (C=O) groups is 1. The second-order valence-corrected chi connectivity index (χ2v) is 6.49. The molecule has 0 aliphatic rings. The van der Waals surface area contributed by atoms with Crippen LogP contribution < -0.4 is 15.4 Å². The van der Waals surface area contributed by atoms with Gasteiger partial charge in [0, 0.05) is 29.2 Å². The summed E-state index contributed by atoms with van der Waals surface area (Å²) in [6.07, 6.45) is 5.62. The van der Waals surface area contributed by atoms with Crippen LogP contribution >= 0.6 is 0 Å². The van der Waals surface area contributed by atoms with Gasteiger partial charge in [-0.3, -0.25) is 4.79 Å². The molecule has 6 heteroatoms. The summed E-state index contributed by atoms with van der Waals surface area (Å²) >= 11 is 0. The number of hydrogen-bond donors (Lipinski definition) is 2. The molecule has 2 aromatic carbocycles. The van der Waals surface area contributed by atoms with Gasteiger partial charge in [-0.2, -0.15) is 0 Å². The third-order valence-corrected chi connectivity index (χ3v) is 4.37. The van der Waals surface area contributed by atoms with Crippen molar-refractivity contribution in [2.45, 2.75) is 20.3 Å². The van der Waals surface area contributed by atoms with E-state index in [1.165, 1.54) is 12.4 Å². The second-order valence-electron chi connectivity index (χ2n) is 6.49. The molecular formula is C23H24N4O2. The number of amides is 1. The predicted molar refractivity (Wildman–Crippen MR) is 117 cm³/mol. The van der Waals surface area contributed by atoms with E-state index in [1.807, 2.05) is 55.5 Å². The molecule has 1 amide bonds. The van der Waals surface area contributed by atoms with E-state index in [1.54, 1.807) is 13.2 Å². The first-order valence-electron chi connectivity index (χ1n) is 9.39. The summed E-state index contributed by atoms with van der Waals surface area (Å²) in [7, 11) is 1.62. The molecule has 3 rings (SSSR count). The van der Waals surface area contributed by atoms with Gasteiger partial charge in [0.25, 0.3) is 0 Å². The van der Waals surface area contributed by atoms with Gasteiger partial charge in [0.15, 0.2) is 0 Å². The van der Waals surface area contributed by atoms with E-state index in [4.69, 9.17) is 4.74 Å². The summed E-state index contributed by atoms with van der Waals surface area (Å²) in [5.74, 6) is 1.30. The molecule has 0 unspecified atom stereocenters. The minimum atomic E-state index is -0.189. The van der Waals surface area contributed by atoms with E-state index < -0.39 is 0 Å². The van der Waals surface area contributed by atoms with Crippen LogP contribution in [0.3, 0.4) is 0 Å². The van der Waals surface area contributed by atoms with Gasteiger partial charge in [-0.1, -0.05) is 25.1 Å². The molecule has 148 valence electrons. The Balaban J connectivity index is 1.72. The smallest absolute Gasteiger partial charge is 0.248 e. The largest absolute Gasteiger partial charge is 0.497 e. The van der Waals surface area contributed by atoms with Gasteiger partial charge in [-0.05, 0) is 54.8 Å². The lowest BCUT2D eigenvalue weighted by atomic mass is 10.1. The van der Waals surface area contributed by atoms with Crippen molar-refractivity contribution in [2.24, 2.45) is 0 Å². The number of nitrogens with zero attached hydrogens (tertiary/aromatic N) is 2. The maximum absolute atomic E-state index is 12.4. The Morgan fingerprint density at radius 2 is 1.90 bits per heavy atom. The summed E-state index contributed by atoms with van der Waals surface area (Å²) in [4.78, 5) is 20.7. The molecule has 0 radical (unpaired) electrons. The molecule has 0 saturated heterocycles. The molecule has 0 atom stereocenters. The Kier molecular flexibility index (Phi) is 6.58. The summed E-state index contributed by atoms with van der Waals surface area (Å²) < 4.78 is 5.14. The van der Waals surface area contributed by atoms with Crippen LogP contribution in [0, 0.1) is 6.92 Å². The Labute approximate surface area is 170 Å². The fourth-order valence-corrected chi connectivity index (χ4v) is 2.81. The van der Waals surface area contributed by atoms with Crippen molar-refractivity contribution >= 4 is 29.2 Å². The number of ether oxygens (including phenoxy) is 1. The Morgan fingerprint density at radius 1 is 1.10 bits per heavy atom. The summed E-state index contributed by atoms with van der Waals surface area (Å²) in [5.41, 5.74) is 4.47. The van der Waals surface area contributed by atoms with Gasteiger partial charge in [0.05, 0.1) is 7.11 Å². The Bertz CT molecular complexity index is 1010. The number of aryl methyl sites for hydroxylation is 2. The molecule has 0 fully saturated rings. The van der Waals surface area contributed by atoms with Gasteiger partial charge in [0.1, 0.15) is 17.9 Å². The molecule has 0 saturated carbocycles. The maximum Gasteiger partial charge on any atom is 0.248 e. The third-order valence-electron chi connectivity index (χ3n) is 4.37. The number of rotatable bonds is 7. The average Bonchev–Trinajstić information content (AvgIpc) is 2.73. The molecule has 29 heavy (non-hydrogen) atoms. The predicted octanol–water partition coefficient (Wildman–Crippen LogP) is 4.75. The average molecular weight is 388 g/mol. The Morgan fingerprint density at radius 3 is 2.59 bits per heavy atom. The van der Waals surface area contributed by atoms with E-state index in [0.717, 1.165) is 40.4 Å². The first kappa shape index (κ1) is 20.1. The standard InChI is InChI=1S/C23H24N4O2/c1-4-18-8-9-19(26-22-13-16(2)24-15-25-22)14-21(18)27-23(28)12-7-17-5-10-20(29-3)11-6-17/h5-15H,4H2,1-3H3,(H,27,28)(H,24,25,26)/b12-7+. The highest BCUT2D eigenvalue weighted by Gasteiger charge is 2.06. The van der Waals surface area contributed by atoms with Crippen LogP contribution in [0.5, 0.6) is 5.75 Å². The minimum absolute atomic E-state index is 0.189. The number of nitrogens with one attached hydrogen (secondary N) is 2. The molecule has 0 aliphatic heterocycles. The molecule has 1 heterocycles. The van der Waals surface area contributed by atoms with Gasteiger partial charge >= 0.3 is 0 Å². The normalized spacial score (nSPS) is 10.7. The van der Waals surface area contributed by atoms with E-state index in [9.17, 15) is 4.79 Å². The highest BCUT2D eigenvalue weighted by Crippen LogP contribution is 2.24. The highest BCUT2D eigenvalue weighted by atomic mass is 16.5. The van der Waals surface area contributed by atoms with E-state index in [-0.39, 0.29) is 5.91 Å². The molecule has 1 aromatic heterocycles. The molecular weight excluding hydrogens is 364 g/mol. The van der Waals surface area contributed by atoms with Crippen LogP contribution in [-0.2, 0) is 11.2 Å². The molecule has 2 N–H and O–H groups in total. The number of anilines is 3. The third kappa shape index (κ3) is 5.65. The molecule has 0 spiro atoms. The van der Waals surface area contributed by atoms with Crippen LogP contribution in [0.2, 0.25) is 0 Å². The number of hydrogen-bond acceptors (Lipinski definition) is 5. The van der Waals surface area contributed by atoms with Crippen molar-refractivity contribution in [2.75, 3.05) is 17.7 Å². The number of carbonyl (C=O) groups excluding carboxylic acids is 1. The van der Waals surface area contributed by atoms with Gasteiger partial charge in [-0.15, -0.1) is 0 Å². The first-order valence-corrected chi connectivity index (χ1v) is 9.39.